The van der Waals surface area contributed by atoms with Gasteiger partial charge in [0.05, 0.1) is 0 Å². The fourth-order valence-corrected chi connectivity index (χ4v) is 3.44. The minimum atomic E-state index is -0.743. The van der Waals surface area contributed by atoms with E-state index in [2.05, 4.69) is 12.2 Å². The SMILES string of the molecule is CCNC(c1cccc(F)c1F)C1CCC(CC)CC1. The predicted molar refractivity (Wildman–Crippen MR) is 78.5 cm³/mol. The van der Waals surface area contributed by atoms with Crippen molar-refractivity contribution in [1.29, 1.82) is 0 Å². The lowest BCUT2D eigenvalue weighted by Crippen LogP contribution is -2.31. The van der Waals surface area contributed by atoms with Gasteiger partial charge in [-0.05, 0) is 37.3 Å². The van der Waals surface area contributed by atoms with Gasteiger partial charge < -0.3 is 5.32 Å². The highest BCUT2D eigenvalue weighted by molar-refractivity contribution is 5.23. The fourth-order valence-electron chi connectivity index (χ4n) is 3.44. The molecule has 1 aromatic carbocycles. The van der Waals surface area contributed by atoms with Crippen LogP contribution in [0.25, 0.3) is 0 Å². The first-order valence-electron chi connectivity index (χ1n) is 7.84. The fraction of sp³-hybridized carbons (Fsp3) is 0.647. The summed E-state index contributed by atoms with van der Waals surface area (Å²) in [6.45, 7) is 5.02. The Morgan fingerprint density at radius 1 is 1.15 bits per heavy atom. The third kappa shape index (κ3) is 3.38. The van der Waals surface area contributed by atoms with Gasteiger partial charge >= 0.3 is 0 Å². The van der Waals surface area contributed by atoms with Gasteiger partial charge in [0.1, 0.15) is 0 Å². The molecule has 3 heteroatoms. The van der Waals surface area contributed by atoms with E-state index in [0.717, 1.165) is 25.3 Å². The van der Waals surface area contributed by atoms with Crippen molar-refractivity contribution < 1.29 is 8.78 Å². The molecule has 0 radical (unpaired) electrons. The maximum atomic E-state index is 14.1. The molecule has 112 valence electrons. The molecular formula is C17H25F2N. The number of hydrogen-bond acceptors (Lipinski definition) is 1. The zero-order valence-electron chi connectivity index (χ0n) is 12.5. The highest BCUT2D eigenvalue weighted by atomic mass is 19.2. The first-order valence-corrected chi connectivity index (χ1v) is 7.84. The van der Waals surface area contributed by atoms with Crippen molar-refractivity contribution in [3.8, 4) is 0 Å². The topological polar surface area (TPSA) is 12.0 Å². The van der Waals surface area contributed by atoms with E-state index >= 15 is 0 Å². The molecule has 1 N–H and O–H groups in total. The highest BCUT2D eigenvalue weighted by Gasteiger charge is 2.29. The van der Waals surface area contributed by atoms with Gasteiger partial charge in [-0.3, -0.25) is 0 Å². The Kier molecular flexibility index (Phi) is 5.53. The van der Waals surface area contributed by atoms with Crippen LogP contribution in [-0.2, 0) is 0 Å². The molecule has 1 fully saturated rings. The van der Waals surface area contributed by atoms with E-state index in [1.54, 1.807) is 12.1 Å². The van der Waals surface area contributed by atoms with Gasteiger partial charge in [0.25, 0.3) is 0 Å². The summed E-state index contributed by atoms with van der Waals surface area (Å²) in [7, 11) is 0. The zero-order chi connectivity index (χ0) is 14.5. The maximum Gasteiger partial charge on any atom is 0.163 e. The van der Waals surface area contributed by atoms with Crippen LogP contribution in [0.2, 0.25) is 0 Å². The van der Waals surface area contributed by atoms with Crippen molar-refractivity contribution in [3.05, 3.63) is 35.4 Å². The molecule has 0 bridgehead atoms. The van der Waals surface area contributed by atoms with Gasteiger partial charge in [0.15, 0.2) is 11.6 Å². The van der Waals surface area contributed by atoms with E-state index < -0.39 is 11.6 Å². The highest BCUT2D eigenvalue weighted by Crippen LogP contribution is 2.38. The summed E-state index contributed by atoms with van der Waals surface area (Å²) >= 11 is 0. The molecule has 2 rings (SSSR count). The standard InChI is InChI=1S/C17H25F2N/c1-3-12-8-10-13(11-9-12)17(20-4-2)14-6-5-7-15(18)16(14)19/h5-7,12-13,17,20H,3-4,8-11H2,1-2H3. The number of halogens is 2. The van der Waals surface area contributed by atoms with Crippen LogP contribution < -0.4 is 5.32 Å². The summed E-state index contributed by atoms with van der Waals surface area (Å²) in [5.74, 6) is -0.205. The molecule has 0 aromatic heterocycles. The molecule has 20 heavy (non-hydrogen) atoms. The molecule has 0 amide bonds. The van der Waals surface area contributed by atoms with Crippen LogP contribution in [0.4, 0.5) is 8.78 Å². The zero-order valence-corrected chi connectivity index (χ0v) is 12.5. The summed E-state index contributed by atoms with van der Waals surface area (Å²) in [4.78, 5) is 0. The van der Waals surface area contributed by atoms with Gasteiger partial charge in [-0.1, -0.05) is 45.2 Å². The molecule has 0 saturated heterocycles. The summed E-state index contributed by atoms with van der Waals surface area (Å²) < 4.78 is 27.5. The summed E-state index contributed by atoms with van der Waals surface area (Å²) in [6, 6.07) is 4.46. The second-order valence-corrected chi connectivity index (χ2v) is 5.87. The van der Waals surface area contributed by atoms with Gasteiger partial charge in [0, 0.05) is 11.6 Å². The first-order chi connectivity index (χ1) is 9.67. The van der Waals surface area contributed by atoms with E-state index in [1.807, 2.05) is 6.92 Å². The number of rotatable bonds is 5. The van der Waals surface area contributed by atoms with Gasteiger partial charge in [0.2, 0.25) is 0 Å². The van der Waals surface area contributed by atoms with Gasteiger partial charge in [-0.15, -0.1) is 0 Å². The second kappa shape index (κ2) is 7.16. The van der Waals surface area contributed by atoms with Crippen LogP contribution in [0.3, 0.4) is 0 Å². The van der Waals surface area contributed by atoms with E-state index in [-0.39, 0.29) is 6.04 Å². The molecular weight excluding hydrogens is 256 g/mol. The van der Waals surface area contributed by atoms with Crippen LogP contribution in [0.5, 0.6) is 0 Å². The maximum absolute atomic E-state index is 14.1. The molecule has 1 atom stereocenters. The molecule has 1 aliphatic carbocycles. The van der Waals surface area contributed by atoms with Crippen molar-refractivity contribution in [1.82, 2.24) is 5.32 Å². The third-order valence-electron chi connectivity index (χ3n) is 4.68. The van der Waals surface area contributed by atoms with Crippen LogP contribution in [-0.4, -0.2) is 6.54 Å². The molecule has 1 saturated carbocycles. The number of benzene rings is 1. The number of nitrogens with one attached hydrogen (secondary N) is 1. The molecule has 1 nitrogen and oxygen atoms in total. The average Bonchev–Trinajstić information content (AvgIpc) is 2.48. The number of hydrogen-bond donors (Lipinski definition) is 1. The Morgan fingerprint density at radius 2 is 1.85 bits per heavy atom. The largest absolute Gasteiger partial charge is 0.310 e. The van der Waals surface area contributed by atoms with Crippen LogP contribution >= 0.6 is 0 Å². The minimum Gasteiger partial charge on any atom is -0.310 e. The average molecular weight is 281 g/mol. The van der Waals surface area contributed by atoms with E-state index in [4.69, 9.17) is 0 Å². The smallest absolute Gasteiger partial charge is 0.163 e. The molecule has 1 unspecified atom stereocenters. The minimum absolute atomic E-state index is 0.0616. The molecule has 0 aliphatic heterocycles. The lowest BCUT2D eigenvalue weighted by molar-refractivity contribution is 0.216. The van der Waals surface area contributed by atoms with Crippen molar-refractivity contribution in [3.63, 3.8) is 0 Å². The van der Waals surface area contributed by atoms with Crippen LogP contribution in [0, 0.1) is 23.5 Å². The van der Waals surface area contributed by atoms with E-state index in [0.29, 0.717) is 11.5 Å². The predicted octanol–water partition coefficient (Wildman–Crippen LogP) is 4.83. The normalized spacial score (nSPS) is 24.6. The summed E-state index contributed by atoms with van der Waals surface area (Å²) in [5.41, 5.74) is 0.492. The summed E-state index contributed by atoms with van der Waals surface area (Å²) in [6.07, 6.45) is 5.85. The van der Waals surface area contributed by atoms with Gasteiger partial charge in [-0.25, -0.2) is 8.78 Å². The Bertz CT molecular complexity index is 425. The monoisotopic (exact) mass is 281 g/mol. The summed E-state index contributed by atoms with van der Waals surface area (Å²) in [5, 5.41) is 3.36. The van der Waals surface area contributed by atoms with Crippen LogP contribution in [0.1, 0.15) is 57.6 Å². The Morgan fingerprint density at radius 3 is 2.45 bits per heavy atom. The Hall–Kier alpha value is -0.960. The second-order valence-electron chi connectivity index (χ2n) is 5.87. The van der Waals surface area contributed by atoms with Crippen molar-refractivity contribution >= 4 is 0 Å². The van der Waals surface area contributed by atoms with E-state index in [1.165, 1.54) is 25.3 Å². The van der Waals surface area contributed by atoms with Crippen molar-refractivity contribution in [2.24, 2.45) is 11.8 Å². The van der Waals surface area contributed by atoms with E-state index in [9.17, 15) is 8.78 Å². The molecule has 1 aromatic rings. The molecule has 0 heterocycles. The quantitative estimate of drug-likeness (QED) is 0.815. The third-order valence-corrected chi connectivity index (χ3v) is 4.68. The Labute approximate surface area is 120 Å². The molecule has 1 aliphatic rings. The lowest BCUT2D eigenvalue weighted by Gasteiger charge is -2.34. The first kappa shape index (κ1) is 15.4. The van der Waals surface area contributed by atoms with Crippen LogP contribution in [0.15, 0.2) is 18.2 Å². The van der Waals surface area contributed by atoms with Gasteiger partial charge in [-0.2, -0.15) is 0 Å². The lowest BCUT2D eigenvalue weighted by atomic mass is 9.76. The molecule has 0 spiro atoms. The Balaban J connectivity index is 2.17. The van der Waals surface area contributed by atoms with Crippen molar-refractivity contribution in [2.45, 2.75) is 52.0 Å². The van der Waals surface area contributed by atoms with Crippen molar-refractivity contribution in [2.75, 3.05) is 6.54 Å².